The lowest BCUT2D eigenvalue weighted by Gasteiger charge is -2.37. The molecule has 2 heterocycles. The van der Waals surface area contributed by atoms with E-state index in [0.717, 1.165) is 108 Å². The van der Waals surface area contributed by atoms with Crippen LogP contribution in [0.5, 0.6) is 34.5 Å². The largest absolute Gasteiger partial charge is 0.497 e. The van der Waals surface area contributed by atoms with Crippen molar-refractivity contribution in [2.75, 3.05) is 118 Å². The predicted molar refractivity (Wildman–Crippen MR) is 465 cm³/mol. The maximum absolute atomic E-state index is 5.46. The normalized spacial score (nSPS) is 11.4. The highest BCUT2D eigenvalue weighted by Crippen LogP contribution is 2.41. The molecule has 0 unspecified atom stereocenters. The minimum Gasteiger partial charge on any atom is -0.497 e. The molecule has 0 aliphatic carbocycles. The topological polar surface area (TPSA) is 74.8 Å². The zero-order valence-electron chi connectivity index (χ0n) is 67.9. The SMILES string of the molecule is CCCc1ccc(N(CC)c2cccc(OC)c2)cc1.CCN(c1ccc(C(C)C)cc1)c1cccc(OC)c1.CCN(c1ccc(C)cc1)c1cccc(OC)c1.CCN(c1ccccc1)c1cccc(OC)c1.CCc1ccc(N(CC)c2cccc(OC)c2)cc1.COc1ccc2c3c1CCCN3CCC2. The van der Waals surface area contributed by atoms with E-state index in [-0.39, 0.29) is 0 Å². The van der Waals surface area contributed by atoms with E-state index < -0.39 is 0 Å². The molecule has 0 radical (unpaired) electrons. The van der Waals surface area contributed by atoms with Gasteiger partial charge in [0.25, 0.3) is 0 Å². The zero-order valence-corrected chi connectivity index (χ0v) is 67.9. The number of aryl methyl sites for hydroxylation is 4. The van der Waals surface area contributed by atoms with Crippen molar-refractivity contribution in [3.05, 3.63) is 294 Å². The van der Waals surface area contributed by atoms with Crippen molar-refractivity contribution in [2.45, 2.75) is 120 Å². The van der Waals surface area contributed by atoms with Crippen LogP contribution in [-0.2, 0) is 25.7 Å². The Balaban J connectivity index is 0.000000165. The van der Waals surface area contributed by atoms with E-state index in [1.165, 1.54) is 113 Å². The molecule has 11 aromatic carbocycles. The number of para-hydroxylation sites is 1. The molecule has 2 aliphatic rings. The van der Waals surface area contributed by atoms with Gasteiger partial charge in [-0.1, -0.05) is 143 Å². The van der Waals surface area contributed by atoms with Gasteiger partial charge in [-0.05, 0) is 236 Å². The fraction of sp³-hybridized carbons (Fsp3) is 0.320. The van der Waals surface area contributed by atoms with Gasteiger partial charge in [-0.2, -0.15) is 0 Å². The minimum absolute atomic E-state index is 0.566. The Bertz CT molecular complexity index is 4410. The summed E-state index contributed by atoms with van der Waals surface area (Å²) in [6.07, 6.45) is 8.40. The standard InChI is InChI=1S/2C18H23NO.C17H21NO.C16H19NO.C15H17NO.C13H17NO/c1-5-19(17-7-6-8-18(13-17)20-4)16-11-9-15(10-12-16)14(2)3;1-4-7-15-10-12-16(13-11-15)19(5-2)17-8-6-9-18(14-17)20-3;1-4-14-9-11-15(12-10-14)18(5-2)16-7-6-8-17(13-16)19-3;1-4-17(14-10-8-13(2)9-11-14)15-6-5-7-16(12-15)18-3;1-3-16(13-8-5-4-6-9-13)14-10-7-11-15(12-14)17-2;1-15-12-7-6-10-4-2-8-14-9-3-5-11(12)13(10)14/h6-14H,5H2,1-4H3;6,8-14H,4-5,7H2,1-3H3;6-13H,4-5H2,1-3H3;5-12H,4H2,1-3H3;4-12H,3H2,1-2H3;6-7H,2-5,8-9H2,1H3. The van der Waals surface area contributed by atoms with Crippen molar-refractivity contribution in [1.29, 1.82) is 0 Å². The van der Waals surface area contributed by atoms with Gasteiger partial charge >= 0.3 is 0 Å². The van der Waals surface area contributed by atoms with E-state index in [1.54, 1.807) is 42.7 Å². The second-order valence-corrected chi connectivity index (χ2v) is 27.0. The van der Waals surface area contributed by atoms with Crippen molar-refractivity contribution in [1.82, 2.24) is 0 Å². The van der Waals surface area contributed by atoms with Crippen LogP contribution >= 0.6 is 0 Å². The number of hydrogen-bond donors (Lipinski definition) is 0. The Labute approximate surface area is 654 Å². The molecule has 13 rings (SSSR count). The molecular weight excluding hydrogens is 1350 g/mol. The first-order chi connectivity index (χ1) is 53.2. The minimum atomic E-state index is 0.566. The summed E-state index contributed by atoms with van der Waals surface area (Å²) in [5.74, 6) is 6.09. The smallest absolute Gasteiger partial charge is 0.124 e. The summed E-state index contributed by atoms with van der Waals surface area (Å²) in [5.41, 5.74) is 21.7. The van der Waals surface area contributed by atoms with Gasteiger partial charge in [-0.15, -0.1) is 0 Å². The Hall–Kier alpha value is -11.0. The van der Waals surface area contributed by atoms with Gasteiger partial charge in [-0.25, -0.2) is 0 Å². The summed E-state index contributed by atoms with van der Waals surface area (Å²) in [5, 5.41) is 0. The molecule has 0 amide bonds. The number of nitrogens with zero attached hydrogens (tertiary/aromatic N) is 6. The fourth-order valence-corrected chi connectivity index (χ4v) is 13.8. The zero-order chi connectivity index (χ0) is 77.9. The lowest BCUT2D eigenvalue weighted by molar-refractivity contribution is 0.407. The third-order valence-electron chi connectivity index (χ3n) is 19.7. The van der Waals surface area contributed by atoms with E-state index in [4.69, 9.17) is 28.4 Å². The molecule has 0 atom stereocenters. The van der Waals surface area contributed by atoms with Gasteiger partial charge in [0.1, 0.15) is 34.5 Å². The first kappa shape index (κ1) is 83.7. The summed E-state index contributed by atoms with van der Waals surface area (Å²) >= 11 is 0. The van der Waals surface area contributed by atoms with Crippen molar-refractivity contribution in [2.24, 2.45) is 0 Å². The van der Waals surface area contributed by atoms with Crippen LogP contribution in [0.25, 0.3) is 0 Å². The highest BCUT2D eigenvalue weighted by Gasteiger charge is 2.26. The molecule has 12 heteroatoms. The van der Waals surface area contributed by atoms with Crippen LogP contribution in [0.4, 0.5) is 62.6 Å². The van der Waals surface area contributed by atoms with Gasteiger partial charge < -0.3 is 57.8 Å². The highest BCUT2D eigenvalue weighted by molar-refractivity contribution is 5.71. The number of methoxy groups -OCH3 is 6. The molecule has 2 aliphatic heterocycles. The lowest BCUT2D eigenvalue weighted by Crippen LogP contribution is -2.34. The van der Waals surface area contributed by atoms with Crippen LogP contribution < -0.4 is 57.8 Å². The van der Waals surface area contributed by atoms with Crippen molar-refractivity contribution in [3.63, 3.8) is 0 Å². The van der Waals surface area contributed by atoms with Crippen LogP contribution in [-0.4, -0.2) is 88.5 Å². The van der Waals surface area contributed by atoms with Gasteiger partial charge in [0.05, 0.1) is 42.7 Å². The maximum Gasteiger partial charge on any atom is 0.124 e. The fourth-order valence-electron chi connectivity index (χ4n) is 13.8. The number of anilines is 11. The van der Waals surface area contributed by atoms with Crippen molar-refractivity contribution >= 4 is 62.6 Å². The van der Waals surface area contributed by atoms with Gasteiger partial charge in [0.2, 0.25) is 0 Å². The van der Waals surface area contributed by atoms with E-state index in [0.29, 0.717) is 5.92 Å². The van der Waals surface area contributed by atoms with Crippen molar-refractivity contribution < 1.29 is 28.4 Å². The molecule has 12 nitrogen and oxygen atoms in total. The Kier molecular flexibility index (Phi) is 34.0. The Morgan fingerprint density at radius 1 is 0.330 bits per heavy atom. The molecule has 109 heavy (non-hydrogen) atoms. The number of ether oxygens (including phenoxy) is 6. The molecule has 574 valence electrons. The van der Waals surface area contributed by atoms with Crippen LogP contribution in [0, 0.1) is 6.92 Å². The summed E-state index contributed by atoms with van der Waals surface area (Å²) in [4.78, 5) is 13.9. The quantitative estimate of drug-likeness (QED) is 0.0547. The van der Waals surface area contributed by atoms with Gasteiger partial charge in [0, 0.05) is 144 Å². The predicted octanol–water partition coefficient (Wildman–Crippen LogP) is 24.6. The third-order valence-corrected chi connectivity index (χ3v) is 19.7. The molecule has 11 aromatic rings. The molecule has 0 bridgehead atoms. The molecule has 0 spiro atoms. The molecule has 0 saturated heterocycles. The van der Waals surface area contributed by atoms with Crippen LogP contribution in [0.1, 0.15) is 121 Å². The first-order valence-electron chi connectivity index (χ1n) is 39.1. The van der Waals surface area contributed by atoms with Crippen LogP contribution in [0.3, 0.4) is 0 Å². The highest BCUT2D eigenvalue weighted by atomic mass is 16.5. The molecular formula is C97H120N6O6. The number of hydrogen-bond acceptors (Lipinski definition) is 12. The Morgan fingerprint density at radius 2 is 0.661 bits per heavy atom. The second kappa shape index (κ2) is 44.3. The van der Waals surface area contributed by atoms with E-state index in [9.17, 15) is 0 Å². The Morgan fingerprint density at radius 3 is 0.991 bits per heavy atom. The number of rotatable bonds is 25. The van der Waals surface area contributed by atoms with E-state index >= 15 is 0 Å². The van der Waals surface area contributed by atoms with Crippen LogP contribution in [0.2, 0.25) is 0 Å². The van der Waals surface area contributed by atoms with E-state index in [2.05, 4.69) is 293 Å². The van der Waals surface area contributed by atoms with Gasteiger partial charge in [0.15, 0.2) is 0 Å². The third kappa shape index (κ3) is 24.0. The maximum atomic E-state index is 5.46. The lowest BCUT2D eigenvalue weighted by atomic mass is 9.91. The average molecular weight is 1470 g/mol. The summed E-state index contributed by atoms with van der Waals surface area (Å²) in [7, 11) is 10.3. The second-order valence-electron chi connectivity index (χ2n) is 27.0. The summed E-state index contributed by atoms with van der Waals surface area (Å²) in [6, 6.07) is 90.6. The molecule has 0 saturated carbocycles. The number of benzene rings is 11. The summed E-state index contributed by atoms with van der Waals surface area (Å²) < 4.78 is 31.9. The molecule has 0 fully saturated rings. The van der Waals surface area contributed by atoms with E-state index in [1.807, 2.05) is 66.7 Å². The molecule has 0 N–H and O–H groups in total. The average Bonchev–Trinajstić information content (AvgIpc) is 0.771. The summed E-state index contributed by atoms with van der Waals surface area (Å²) in [6.45, 7) is 28.8. The molecule has 0 aromatic heterocycles. The first-order valence-corrected chi connectivity index (χ1v) is 39.1. The van der Waals surface area contributed by atoms with Crippen LogP contribution in [0.15, 0.2) is 261 Å². The monoisotopic (exact) mass is 1460 g/mol. The van der Waals surface area contributed by atoms with Gasteiger partial charge in [-0.3, -0.25) is 0 Å². The van der Waals surface area contributed by atoms with Crippen molar-refractivity contribution in [3.8, 4) is 34.5 Å².